The first-order valence-electron chi connectivity index (χ1n) is 6.87. The van der Waals surface area contributed by atoms with E-state index in [0.29, 0.717) is 11.3 Å². The number of aromatic nitrogens is 2. The molecule has 0 bridgehead atoms. The average Bonchev–Trinajstić information content (AvgIpc) is 2.81. The number of pyridine rings is 1. The zero-order valence-corrected chi connectivity index (χ0v) is 14.1. The Bertz CT molecular complexity index is 913. The van der Waals surface area contributed by atoms with Gasteiger partial charge in [-0.3, -0.25) is 4.40 Å². The van der Waals surface area contributed by atoms with Crippen LogP contribution in [0.3, 0.4) is 0 Å². The van der Waals surface area contributed by atoms with E-state index in [1.54, 1.807) is 10.6 Å². The number of hydrogen-bond acceptors (Lipinski definition) is 2. The number of carbonyl (C=O) groups is 1. The van der Waals surface area contributed by atoms with Gasteiger partial charge in [-0.15, -0.1) is 0 Å². The van der Waals surface area contributed by atoms with E-state index in [2.05, 4.69) is 20.9 Å². The molecule has 1 N–H and O–H groups in total. The first-order valence-corrected chi connectivity index (χ1v) is 7.67. The molecule has 0 atom stereocenters. The molecule has 1 aromatic carbocycles. The summed E-state index contributed by atoms with van der Waals surface area (Å²) in [5.41, 5.74) is 5.42. The van der Waals surface area contributed by atoms with Gasteiger partial charge in [-0.05, 0) is 65.5 Å². The summed E-state index contributed by atoms with van der Waals surface area (Å²) in [4.78, 5) is 16.3. The quantitative estimate of drug-likeness (QED) is 0.739. The van der Waals surface area contributed by atoms with Crippen molar-refractivity contribution < 1.29 is 9.90 Å². The third-order valence-electron chi connectivity index (χ3n) is 3.89. The number of imidazole rings is 1. The lowest BCUT2D eigenvalue weighted by Crippen LogP contribution is -2.04. The predicted octanol–water partition coefficient (Wildman–Crippen LogP) is 4.39. The Labute approximate surface area is 136 Å². The van der Waals surface area contributed by atoms with Crippen LogP contribution in [-0.4, -0.2) is 20.5 Å². The van der Waals surface area contributed by atoms with Crippen molar-refractivity contribution in [1.82, 2.24) is 9.38 Å². The third-order valence-corrected chi connectivity index (χ3v) is 4.72. The number of aryl methyl sites for hydroxylation is 3. The summed E-state index contributed by atoms with van der Waals surface area (Å²) < 4.78 is 2.47. The summed E-state index contributed by atoms with van der Waals surface area (Å²) in [6, 6.07) is 7.76. The van der Waals surface area contributed by atoms with Crippen molar-refractivity contribution in [2.45, 2.75) is 20.8 Å². The second-order valence-corrected chi connectivity index (χ2v) is 6.30. The second-order valence-electron chi connectivity index (χ2n) is 5.45. The number of carboxylic acids is 1. The molecule has 0 unspecified atom stereocenters. The molecule has 5 heteroatoms. The largest absolute Gasteiger partial charge is 0.476 e. The fraction of sp³-hybridized carbons (Fsp3) is 0.176. The lowest BCUT2D eigenvalue weighted by atomic mass is 10.0. The number of carboxylic acid groups (broad SMARTS) is 1. The van der Waals surface area contributed by atoms with E-state index in [0.717, 1.165) is 21.2 Å². The summed E-state index contributed by atoms with van der Waals surface area (Å²) in [5.74, 6) is -0.989. The molecule has 0 saturated carbocycles. The van der Waals surface area contributed by atoms with Gasteiger partial charge in [0.25, 0.3) is 0 Å². The lowest BCUT2D eigenvalue weighted by molar-refractivity contribution is 0.0690. The number of benzene rings is 1. The van der Waals surface area contributed by atoms with Gasteiger partial charge in [-0.25, -0.2) is 9.78 Å². The van der Waals surface area contributed by atoms with E-state index in [1.165, 1.54) is 5.56 Å². The second kappa shape index (κ2) is 5.25. The highest BCUT2D eigenvalue weighted by atomic mass is 79.9. The number of halogens is 1. The topological polar surface area (TPSA) is 54.6 Å². The molecule has 0 amide bonds. The highest BCUT2D eigenvalue weighted by Gasteiger charge is 2.20. The van der Waals surface area contributed by atoms with Crippen LogP contribution >= 0.6 is 15.9 Å². The van der Waals surface area contributed by atoms with Gasteiger partial charge in [0.1, 0.15) is 11.3 Å². The zero-order valence-electron chi connectivity index (χ0n) is 12.5. The summed E-state index contributed by atoms with van der Waals surface area (Å²) in [7, 11) is 0. The van der Waals surface area contributed by atoms with E-state index >= 15 is 0 Å². The Morgan fingerprint density at radius 1 is 1.14 bits per heavy atom. The van der Waals surface area contributed by atoms with Crippen LogP contribution in [0.1, 0.15) is 27.2 Å². The zero-order chi connectivity index (χ0) is 16.0. The summed E-state index contributed by atoms with van der Waals surface area (Å²) in [6.45, 7) is 5.99. The Morgan fingerprint density at radius 2 is 1.86 bits per heavy atom. The predicted molar refractivity (Wildman–Crippen MR) is 89.5 cm³/mol. The highest BCUT2D eigenvalue weighted by Crippen LogP contribution is 2.28. The van der Waals surface area contributed by atoms with Gasteiger partial charge in [0.15, 0.2) is 5.69 Å². The van der Waals surface area contributed by atoms with Crippen LogP contribution in [0.15, 0.2) is 34.9 Å². The monoisotopic (exact) mass is 358 g/mol. The molecular formula is C17H15BrN2O2. The van der Waals surface area contributed by atoms with Crippen molar-refractivity contribution in [2.24, 2.45) is 0 Å². The van der Waals surface area contributed by atoms with Gasteiger partial charge in [-0.2, -0.15) is 0 Å². The minimum Gasteiger partial charge on any atom is -0.476 e. The van der Waals surface area contributed by atoms with E-state index < -0.39 is 5.97 Å². The number of rotatable bonds is 2. The molecule has 22 heavy (non-hydrogen) atoms. The Balaban J connectivity index is 2.35. The van der Waals surface area contributed by atoms with Gasteiger partial charge in [-0.1, -0.05) is 12.1 Å². The summed E-state index contributed by atoms with van der Waals surface area (Å²) in [6.07, 6.45) is 1.76. The first-order chi connectivity index (χ1) is 10.4. The van der Waals surface area contributed by atoms with Crippen LogP contribution < -0.4 is 0 Å². The minimum absolute atomic E-state index is 0.180. The maximum absolute atomic E-state index is 11.7. The van der Waals surface area contributed by atoms with E-state index in [4.69, 9.17) is 0 Å². The molecule has 3 rings (SSSR count). The normalized spacial score (nSPS) is 11.1. The summed E-state index contributed by atoms with van der Waals surface area (Å²) >= 11 is 3.44. The van der Waals surface area contributed by atoms with Crippen molar-refractivity contribution in [1.29, 1.82) is 0 Å². The van der Waals surface area contributed by atoms with Crippen LogP contribution in [0.5, 0.6) is 0 Å². The van der Waals surface area contributed by atoms with E-state index in [1.807, 2.05) is 45.0 Å². The van der Waals surface area contributed by atoms with Crippen LogP contribution in [0.25, 0.3) is 16.9 Å². The van der Waals surface area contributed by atoms with Crippen molar-refractivity contribution in [3.05, 3.63) is 57.3 Å². The number of hydrogen-bond donors (Lipinski definition) is 1. The van der Waals surface area contributed by atoms with Crippen LogP contribution in [0.2, 0.25) is 0 Å². The standard InChI is InChI=1S/C17H15BrN2O2/c1-9-4-5-12(6-10(9)2)15-16(17(21)22)20-8-13(18)11(3)7-14(20)19-15/h4-8H,1-3H3,(H,21,22). The average molecular weight is 359 g/mol. The Morgan fingerprint density at radius 3 is 2.50 bits per heavy atom. The first kappa shape index (κ1) is 14.8. The Hall–Kier alpha value is -2.14. The lowest BCUT2D eigenvalue weighted by Gasteiger charge is -2.04. The minimum atomic E-state index is -0.989. The number of aromatic carboxylic acids is 1. The molecule has 0 fully saturated rings. The SMILES string of the molecule is Cc1ccc(-c2nc3cc(C)c(Br)cn3c2C(=O)O)cc1C. The van der Waals surface area contributed by atoms with Gasteiger partial charge in [0, 0.05) is 16.2 Å². The molecule has 0 saturated heterocycles. The molecule has 3 aromatic rings. The molecule has 0 aliphatic carbocycles. The van der Waals surface area contributed by atoms with Crippen LogP contribution in [0, 0.1) is 20.8 Å². The van der Waals surface area contributed by atoms with Crippen molar-refractivity contribution in [2.75, 3.05) is 0 Å². The fourth-order valence-corrected chi connectivity index (χ4v) is 2.77. The van der Waals surface area contributed by atoms with Gasteiger partial charge in [0.2, 0.25) is 0 Å². The van der Waals surface area contributed by atoms with E-state index in [9.17, 15) is 9.90 Å². The van der Waals surface area contributed by atoms with Crippen molar-refractivity contribution in [3.63, 3.8) is 0 Å². The van der Waals surface area contributed by atoms with Crippen molar-refractivity contribution >= 4 is 27.5 Å². The maximum Gasteiger partial charge on any atom is 0.355 e. The Kier molecular flexibility index (Phi) is 3.53. The molecule has 0 aliphatic heterocycles. The van der Waals surface area contributed by atoms with Crippen LogP contribution in [0.4, 0.5) is 0 Å². The molecule has 0 radical (unpaired) electrons. The molecular weight excluding hydrogens is 344 g/mol. The van der Waals surface area contributed by atoms with Gasteiger partial charge in [0.05, 0.1) is 0 Å². The molecule has 2 aromatic heterocycles. The maximum atomic E-state index is 11.7. The van der Waals surface area contributed by atoms with Gasteiger partial charge >= 0.3 is 5.97 Å². The van der Waals surface area contributed by atoms with E-state index in [-0.39, 0.29) is 5.69 Å². The number of nitrogens with zero attached hydrogens (tertiary/aromatic N) is 2. The summed E-state index contributed by atoms with van der Waals surface area (Å²) in [5, 5.41) is 9.62. The molecule has 0 aliphatic rings. The molecule has 112 valence electrons. The highest BCUT2D eigenvalue weighted by molar-refractivity contribution is 9.10. The van der Waals surface area contributed by atoms with Crippen molar-refractivity contribution in [3.8, 4) is 11.3 Å². The van der Waals surface area contributed by atoms with Crippen LogP contribution in [-0.2, 0) is 0 Å². The van der Waals surface area contributed by atoms with Gasteiger partial charge < -0.3 is 5.11 Å². The molecule has 0 spiro atoms. The molecule has 4 nitrogen and oxygen atoms in total. The smallest absolute Gasteiger partial charge is 0.355 e. The third kappa shape index (κ3) is 2.31. The number of fused-ring (bicyclic) bond motifs is 1. The molecule has 2 heterocycles. The fourth-order valence-electron chi connectivity index (χ4n) is 2.45.